The van der Waals surface area contributed by atoms with E-state index in [0.717, 1.165) is 49.8 Å². The number of carbonyl (C=O) groups is 3. The van der Waals surface area contributed by atoms with Gasteiger partial charge in [0.1, 0.15) is 18.4 Å². The van der Waals surface area contributed by atoms with E-state index in [2.05, 4.69) is 43.3 Å². The number of amides is 3. The number of anilines is 1. The second kappa shape index (κ2) is 14.1. The number of likely N-dealkylation sites (tertiary alicyclic amines) is 1. The normalized spacial score (nSPS) is 19.5. The number of imide groups is 1. The molecule has 13 heteroatoms. The molecule has 2 fully saturated rings. The molecule has 1 aromatic heterocycles. The SMILES string of the molecule is CN(CCCN1CCN(c2ccc3c(c2)n(C)c(=O)n3C2CCC(=O)N(COCC[Si](C)(C)C)C2=O)CC1(C)C)C(=O)OC(C)(C)C. The number of aryl methyl sites for hydroxylation is 1. The molecule has 0 radical (unpaired) electrons. The Morgan fingerprint density at radius 1 is 1.09 bits per heavy atom. The molecule has 0 aliphatic carbocycles. The summed E-state index contributed by atoms with van der Waals surface area (Å²) in [7, 11) is 2.20. The summed E-state index contributed by atoms with van der Waals surface area (Å²) in [6, 6.07) is 6.17. The van der Waals surface area contributed by atoms with E-state index in [1.54, 1.807) is 28.1 Å². The molecule has 4 rings (SSSR count). The van der Waals surface area contributed by atoms with Crippen LogP contribution in [0.4, 0.5) is 10.5 Å². The molecule has 47 heavy (non-hydrogen) atoms. The zero-order chi connectivity index (χ0) is 34.9. The Kier molecular flexibility index (Phi) is 11.0. The maximum atomic E-state index is 13.6. The van der Waals surface area contributed by atoms with E-state index in [0.29, 0.717) is 18.7 Å². The third-order valence-electron chi connectivity index (χ3n) is 9.15. The van der Waals surface area contributed by atoms with Crippen molar-refractivity contribution in [3.8, 4) is 0 Å². The van der Waals surface area contributed by atoms with Crippen LogP contribution in [0.1, 0.15) is 59.9 Å². The Bertz CT molecular complexity index is 1520. The van der Waals surface area contributed by atoms with Gasteiger partial charge in [-0.15, -0.1) is 0 Å². The fraction of sp³-hybridized carbons (Fsp3) is 0.706. The molecular formula is C34H56N6O6Si. The lowest BCUT2D eigenvalue weighted by molar-refractivity contribution is -0.157. The molecule has 1 unspecified atom stereocenters. The van der Waals surface area contributed by atoms with E-state index < -0.39 is 19.7 Å². The van der Waals surface area contributed by atoms with Crippen LogP contribution in [-0.2, 0) is 26.1 Å². The van der Waals surface area contributed by atoms with Gasteiger partial charge in [0.15, 0.2) is 0 Å². The molecule has 3 heterocycles. The summed E-state index contributed by atoms with van der Waals surface area (Å²) in [5, 5.41) is 0. The monoisotopic (exact) mass is 672 g/mol. The molecule has 0 N–H and O–H groups in total. The van der Waals surface area contributed by atoms with Gasteiger partial charge in [-0.2, -0.15) is 0 Å². The minimum atomic E-state index is -1.31. The van der Waals surface area contributed by atoms with Crippen molar-refractivity contribution in [2.24, 2.45) is 7.05 Å². The number of carbonyl (C=O) groups excluding carboxylic acids is 3. The molecule has 2 saturated heterocycles. The third kappa shape index (κ3) is 8.85. The first kappa shape index (κ1) is 36.7. The number of piperidine rings is 1. The van der Waals surface area contributed by atoms with Crippen molar-refractivity contribution >= 4 is 42.7 Å². The molecule has 3 amide bonds. The van der Waals surface area contributed by atoms with Gasteiger partial charge in [-0.05, 0) is 71.7 Å². The van der Waals surface area contributed by atoms with Crippen LogP contribution in [0.5, 0.6) is 0 Å². The maximum Gasteiger partial charge on any atom is 0.410 e. The van der Waals surface area contributed by atoms with E-state index in [1.807, 2.05) is 39.0 Å². The first-order valence-electron chi connectivity index (χ1n) is 16.9. The first-order valence-corrected chi connectivity index (χ1v) is 20.6. The molecule has 2 aliphatic rings. The van der Waals surface area contributed by atoms with Crippen molar-refractivity contribution in [3.05, 3.63) is 28.7 Å². The highest BCUT2D eigenvalue weighted by molar-refractivity contribution is 6.76. The Hall–Kier alpha value is -3.16. The fourth-order valence-electron chi connectivity index (χ4n) is 6.34. The van der Waals surface area contributed by atoms with Crippen LogP contribution in [0.2, 0.25) is 25.7 Å². The molecule has 0 bridgehead atoms. The summed E-state index contributed by atoms with van der Waals surface area (Å²) in [6.07, 6.45) is 1.01. The number of hydrogen-bond donors (Lipinski definition) is 0. The number of benzene rings is 1. The van der Waals surface area contributed by atoms with Gasteiger partial charge in [0, 0.05) is 79.1 Å². The number of rotatable bonds is 11. The summed E-state index contributed by atoms with van der Waals surface area (Å²) in [4.78, 5) is 59.8. The third-order valence-corrected chi connectivity index (χ3v) is 10.9. The van der Waals surface area contributed by atoms with Gasteiger partial charge >= 0.3 is 11.8 Å². The smallest absolute Gasteiger partial charge is 0.410 e. The van der Waals surface area contributed by atoms with Gasteiger partial charge in [-0.3, -0.25) is 28.5 Å². The first-order chi connectivity index (χ1) is 21.8. The lowest BCUT2D eigenvalue weighted by Crippen LogP contribution is -2.59. The summed E-state index contributed by atoms with van der Waals surface area (Å²) in [6.45, 7) is 21.2. The number of imidazole rings is 1. The molecule has 2 aromatic rings. The minimum absolute atomic E-state index is 0.0789. The van der Waals surface area contributed by atoms with Crippen LogP contribution < -0.4 is 10.6 Å². The highest BCUT2D eigenvalue weighted by Gasteiger charge is 2.38. The highest BCUT2D eigenvalue weighted by Crippen LogP contribution is 2.31. The van der Waals surface area contributed by atoms with E-state index in [9.17, 15) is 19.2 Å². The summed E-state index contributed by atoms with van der Waals surface area (Å²) in [5.41, 5.74) is 1.55. The molecular weight excluding hydrogens is 616 g/mol. The van der Waals surface area contributed by atoms with Gasteiger partial charge < -0.3 is 19.3 Å². The quantitative estimate of drug-likeness (QED) is 0.195. The Morgan fingerprint density at radius 3 is 2.43 bits per heavy atom. The maximum absolute atomic E-state index is 13.6. The number of hydrogen-bond acceptors (Lipinski definition) is 8. The number of ether oxygens (including phenoxy) is 2. The lowest BCUT2D eigenvalue weighted by atomic mass is 9.97. The summed E-state index contributed by atoms with van der Waals surface area (Å²) < 4.78 is 14.4. The van der Waals surface area contributed by atoms with Crippen LogP contribution in [0.25, 0.3) is 11.0 Å². The Morgan fingerprint density at radius 2 is 1.79 bits per heavy atom. The van der Waals surface area contributed by atoms with Crippen LogP contribution in [0.15, 0.2) is 23.0 Å². The number of aromatic nitrogens is 2. The molecule has 2 aliphatic heterocycles. The summed E-state index contributed by atoms with van der Waals surface area (Å²) >= 11 is 0. The molecule has 1 aromatic carbocycles. The standard InChI is InChI=1S/C34H56N6O6Si/c1-33(2,3)46-32(44)35(6)16-11-17-38-19-18-37(23-34(38,4)5)25-12-13-26-28(22-25)36(7)31(43)40(26)27-14-15-29(41)39(30(27)42)24-45-20-21-47(8,9)10/h12-13,22,27H,11,14-21,23-24H2,1-10H3. The van der Waals surface area contributed by atoms with Crippen LogP contribution in [-0.4, -0.2) is 114 Å². The van der Waals surface area contributed by atoms with E-state index >= 15 is 0 Å². The second-order valence-electron chi connectivity index (χ2n) is 15.9. The molecule has 262 valence electrons. The van der Waals surface area contributed by atoms with Crippen LogP contribution >= 0.6 is 0 Å². The number of nitrogens with zero attached hydrogens (tertiary/aromatic N) is 6. The van der Waals surface area contributed by atoms with Crippen molar-refractivity contribution < 1.29 is 23.9 Å². The van der Waals surface area contributed by atoms with Gasteiger partial charge in [-0.1, -0.05) is 19.6 Å². The van der Waals surface area contributed by atoms with Crippen LogP contribution in [0.3, 0.4) is 0 Å². The predicted molar refractivity (Wildman–Crippen MR) is 188 cm³/mol. The lowest BCUT2D eigenvalue weighted by Gasteiger charge is -2.48. The van der Waals surface area contributed by atoms with Crippen molar-refractivity contribution in [1.82, 2.24) is 23.8 Å². The van der Waals surface area contributed by atoms with Gasteiger partial charge in [0.2, 0.25) is 5.91 Å². The van der Waals surface area contributed by atoms with E-state index in [1.165, 1.54) is 4.90 Å². The molecule has 0 saturated carbocycles. The second-order valence-corrected chi connectivity index (χ2v) is 21.5. The van der Waals surface area contributed by atoms with E-state index in [4.69, 9.17) is 9.47 Å². The zero-order valence-corrected chi connectivity index (χ0v) is 31.2. The Labute approximate surface area is 280 Å². The van der Waals surface area contributed by atoms with Gasteiger partial charge in [0.25, 0.3) is 5.91 Å². The topological polar surface area (TPSA) is 110 Å². The highest BCUT2D eigenvalue weighted by atomic mass is 28.3. The zero-order valence-electron chi connectivity index (χ0n) is 30.2. The number of fused-ring (bicyclic) bond motifs is 1. The predicted octanol–water partition coefficient (Wildman–Crippen LogP) is 4.50. The fourth-order valence-corrected chi connectivity index (χ4v) is 7.09. The van der Waals surface area contributed by atoms with Crippen molar-refractivity contribution in [2.75, 3.05) is 58.0 Å². The largest absolute Gasteiger partial charge is 0.444 e. The number of piperazine rings is 1. The Balaban J connectivity index is 1.43. The average Bonchev–Trinajstić information content (AvgIpc) is 3.20. The molecule has 12 nitrogen and oxygen atoms in total. The van der Waals surface area contributed by atoms with Crippen molar-refractivity contribution in [3.63, 3.8) is 0 Å². The van der Waals surface area contributed by atoms with Gasteiger partial charge in [-0.25, -0.2) is 9.59 Å². The van der Waals surface area contributed by atoms with Crippen molar-refractivity contribution in [1.29, 1.82) is 0 Å². The minimum Gasteiger partial charge on any atom is -0.444 e. The summed E-state index contributed by atoms with van der Waals surface area (Å²) in [5.74, 6) is -0.644. The van der Waals surface area contributed by atoms with Crippen molar-refractivity contribution in [2.45, 2.75) is 96.7 Å². The molecule has 1 atom stereocenters. The van der Waals surface area contributed by atoms with Gasteiger partial charge in [0.05, 0.1) is 11.0 Å². The molecule has 0 spiro atoms. The van der Waals surface area contributed by atoms with E-state index in [-0.39, 0.29) is 48.7 Å². The van der Waals surface area contributed by atoms with Crippen LogP contribution in [0, 0.1) is 0 Å². The average molecular weight is 673 g/mol.